The number of alkyl halides is 3. The second kappa shape index (κ2) is 85.9. The number of nitrogens with one attached hydrogen (secondary N) is 1. The fraction of sp³-hybridized carbons (Fsp3) is 0.299. The Hall–Kier alpha value is -11.8. The summed E-state index contributed by atoms with van der Waals surface area (Å²) in [5, 5.41) is 24.8. The number of primary amides is 3. The predicted octanol–water partition coefficient (Wildman–Crippen LogP) is 37.6. The lowest BCUT2D eigenvalue weighted by atomic mass is 9.87. The van der Waals surface area contributed by atoms with Crippen LogP contribution < -0.4 is 17.2 Å². The number of pyridine rings is 3. The number of aryl methyl sites for hydroxylation is 16. The molecule has 6 heterocycles. The molecular weight excluding hydrogens is 1970 g/mol. The van der Waals surface area contributed by atoms with Crippen molar-refractivity contribution in [1.29, 1.82) is 0 Å². The number of rotatable bonds is 5. The van der Waals surface area contributed by atoms with Crippen LogP contribution in [0.4, 0.5) is 13.2 Å². The van der Waals surface area contributed by atoms with Crippen LogP contribution in [0.25, 0.3) is 10.7 Å². The number of aromatic amines is 1. The first-order valence-electron chi connectivity index (χ1n) is 39.8. The summed E-state index contributed by atoms with van der Waals surface area (Å²) in [6.45, 7) is 38.8. The smallest absolute Gasteiger partial charge is 0.416 e. The summed E-state index contributed by atoms with van der Waals surface area (Å²) >= 11 is 29.0. The van der Waals surface area contributed by atoms with Gasteiger partial charge in [-0.25, -0.2) is 9.78 Å². The zero-order valence-corrected chi connectivity index (χ0v) is 81.9. The van der Waals surface area contributed by atoms with Crippen LogP contribution in [0.3, 0.4) is 0 Å². The number of benzene rings is 9. The van der Waals surface area contributed by atoms with Crippen LogP contribution in [0.5, 0.6) is 0 Å². The number of H-pyrrole nitrogens is 1. The molecule has 15 nitrogen and oxygen atoms in total. The Bertz CT molecular complexity index is 5390. The third-order valence-corrected chi connectivity index (χ3v) is 20.8. The number of aromatic carboxylic acids is 1. The third kappa shape index (κ3) is 73.3. The number of carbonyl (C=O) groups excluding carboxylic acids is 3. The summed E-state index contributed by atoms with van der Waals surface area (Å²) in [5.74, 6) is -1.29. The quantitative estimate of drug-likeness (QED) is 0.101. The van der Waals surface area contributed by atoms with Gasteiger partial charge in [-0.1, -0.05) is 365 Å². The van der Waals surface area contributed by atoms with E-state index in [1.54, 1.807) is 97.6 Å². The second-order valence-electron chi connectivity index (χ2n) is 29.8. The molecule has 0 saturated carbocycles. The van der Waals surface area contributed by atoms with Crippen LogP contribution in [-0.2, 0) is 11.6 Å². The zero-order chi connectivity index (χ0) is 96.1. The average molecular weight is 2140 g/mol. The number of nitrogens with two attached hydrogens (primary N) is 3. The largest absolute Gasteiger partial charge is 0.478 e. The first-order valence-corrected chi connectivity index (χ1v) is 43.8. The van der Waals surface area contributed by atoms with Gasteiger partial charge in [-0.2, -0.15) is 18.4 Å². The van der Waals surface area contributed by atoms with Gasteiger partial charge in [0.05, 0.1) is 30.9 Å². The Morgan fingerprint density at radius 1 is 0.359 bits per heavy atom. The maximum atomic E-state index is 11.9. The second-order valence-corrected chi connectivity index (χ2v) is 34.9. The van der Waals surface area contributed by atoms with Gasteiger partial charge in [0.15, 0.2) is 0 Å². The van der Waals surface area contributed by atoms with E-state index in [-0.39, 0.29) is 127 Å². The average Bonchev–Trinajstić information content (AvgIpc) is 1.59. The van der Waals surface area contributed by atoms with Crippen LogP contribution in [0.1, 0.15) is 264 Å². The molecule has 0 atom stereocenters. The molecule has 142 heavy (non-hydrogen) atoms. The number of carboxylic acid groups (broad SMARTS) is 1. The van der Waals surface area contributed by atoms with E-state index >= 15 is 0 Å². The van der Waals surface area contributed by atoms with E-state index in [1.807, 2.05) is 209 Å². The Labute approximate surface area is 892 Å². The van der Waals surface area contributed by atoms with Crippen LogP contribution in [0.15, 0.2) is 302 Å². The number of halogens is 8. The summed E-state index contributed by atoms with van der Waals surface area (Å²) in [5.41, 5.74) is 34.2. The molecule has 0 saturated heterocycles. The first-order chi connectivity index (χ1) is 60.2. The van der Waals surface area contributed by atoms with E-state index in [2.05, 4.69) is 161 Å². The van der Waals surface area contributed by atoms with Gasteiger partial charge in [-0.15, -0.1) is 32.9 Å². The Kier molecular flexibility index (Phi) is 95.8. The van der Waals surface area contributed by atoms with E-state index in [1.165, 1.54) is 78.4 Å². The SMILES string of the molecule is C.C.C.C.C.C.C.C.C.C.C.C.C.C.Cc1ccc(-c2nn[nH]n2)s1.Cc1ccc(Br)cc1.Cc1ccc(C(C)(C)C)cc1.Cc1ccc(C(F)(F)F)cc1.Cc1ccc(C(N)=O)cc1.Cc1ccc(C(N)=O)s1.Cc1ccc(C)c(C)c1.Cc1ccc(Cl)c(Cl)c1.Cc1ccc(Cl)cc1.Cc1cccc(C(=O)O)c1.Cc1cccc(C(N)=O)c1.Cc1cccnc1.Cc1cccnc1Cl.Cc1ccncc1. The monoisotopic (exact) mass is 2140 g/mol. The molecule has 0 fully saturated rings. The van der Waals surface area contributed by atoms with E-state index in [4.69, 9.17) is 68.7 Å². The van der Waals surface area contributed by atoms with Gasteiger partial charge in [-0.3, -0.25) is 24.4 Å². The Morgan fingerprint density at radius 2 is 0.761 bits per heavy atom. The van der Waals surface area contributed by atoms with E-state index in [9.17, 15) is 32.3 Å². The molecule has 0 unspecified atom stereocenters. The lowest BCUT2D eigenvalue weighted by molar-refractivity contribution is -0.137. The van der Waals surface area contributed by atoms with Crippen molar-refractivity contribution in [3.8, 4) is 10.7 Å². The highest BCUT2D eigenvalue weighted by molar-refractivity contribution is 9.10. The Balaban J connectivity index is -0.000000114. The highest BCUT2D eigenvalue weighted by Gasteiger charge is 2.29. The van der Waals surface area contributed by atoms with Gasteiger partial charge in [-0.05, 0) is 294 Å². The number of hydrogen-bond acceptors (Lipinski definition) is 12. The molecule has 786 valence electrons. The molecule has 25 heteroatoms. The molecule has 15 rings (SSSR count). The molecular formula is C117H170BrCl4F3N10O5S2. The van der Waals surface area contributed by atoms with Crippen molar-refractivity contribution in [3.05, 3.63) is 443 Å². The van der Waals surface area contributed by atoms with Gasteiger partial charge in [0, 0.05) is 61.4 Å². The predicted molar refractivity (Wildman–Crippen MR) is 626 cm³/mol. The number of carbonyl (C=O) groups is 4. The molecule has 15 aromatic rings. The van der Waals surface area contributed by atoms with Gasteiger partial charge in [0.25, 0.3) is 5.91 Å². The normalized spacial score (nSPS) is 8.81. The van der Waals surface area contributed by atoms with E-state index in [0.717, 1.165) is 64.8 Å². The molecule has 0 aliphatic rings. The Morgan fingerprint density at radius 3 is 1.06 bits per heavy atom. The summed E-state index contributed by atoms with van der Waals surface area (Å²) in [4.78, 5) is 57.5. The molecule has 0 spiro atoms. The van der Waals surface area contributed by atoms with Crippen molar-refractivity contribution in [3.63, 3.8) is 0 Å². The molecule has 0 bridgehead atoms. The molecule has 0 aliphatic heterocycles. The highest BCUT2D eigenvalue weighted by atomic mass is 79.9. The van der Waals surface area contributed by atoms with E-state index in [0.29, 0.717) is 42.6 Å². The van der Waals surface area contributed by atoms with Gasteiger partial charge < -0.3 is 22.3 Å². The number of carboxylic acids is 1. The molecule has 9 aromatic carbocycles. The maximum absolute atomic E-state index is 11.9. The van der Waals surface area contributed by atoms with Gasteiger partial charge in [0.2, 0.25) is 17.6 Å². The van der Waals surface area contributed by atoms with Gasteiger partial charge >= 0.3 is 12.1 Å². The number of thiophene rings is 2. The molecule has 8 N–H and O–H groups in total. The summed E-state index contributed by atoms with van der Waals surface area (Å²) in [7, 11) is 0. The minimum Gasteiger partial charge on any atom is -0.478 e. The number of hydrogen-bond donors (Lipinski definition) is 5. The van der Waals surface area contributed by atoms with Crippen LogP contribution in [0, 0.1) is 111 Å². The van der Waals surface area contributed by atoms with Crippen molar-refractivity contribution < 1.29 is 37.5 Å². The fourth-order valence-electron chi connectivity index (χ4n) is 9.38. The van der Waals surface area contributed by atoms with Crippen molar-refractivity contribution in [1.82, 2.24) is 35.6 Å². The maximum Gasteiger partial charge on any atom is 0.416 e. The molecule has 6 aromatic heterocycles. The lowest BCUT2D eigenvalue weighted by Crippen LogP contribution is -2.10. The molecule has 0 radical (unpaired) electrons. The van der Waals surface area contributed by atoms with Crippen LogP contribution in [-0.4, -0.2) is 64.4 Å². The van der Waals surface area contributed by atoms with Crippen LogP contribution in [0.2, 0.25) is 20.2 Å². The number of amides is 3. The number of tetrazole rings is 1. The van der Waals surface area contributed by atoms with Crippen molar-refractivity contribution in [2.24, 2.45) is 17.2 Å². The van der Waals surface area contributed by atoms with Crippen molar-refractivity contribution in [2.45, 2.75) is 247 Å². The van der Waals surface area contributed by atoms with E-state index < -0.39 is 17.7 Å². The lowest BCUT2D eigenvalue weighted by Gasteiger charge is -2.18. The zero-order valence-electron chi connectivity index (χ0n) is 75.6. The number of nitrogens with zero attached hydrogens (tertiary/aromatic N) is 6. The molecule has 3 amide bonds. The number of aromatic nitrogens is 7. The van der Waals surface area contributed by atoms with Crippen LogP contribution >= 0.6 is 85.0 Å². The minimum atomic E-state index is -4.21. The summed E-state index contributed by atoms with van der Waals surface area (Å²) in [6, 6.07) is 82.3. The fourth-order valence-corrected chi connectivity index (χ4v) is 11.8. The summed E-state index contributed by atoms with van der Waals surface area (Å²) in [6.07, 6.45) is 4.64. The molecule has 0 aliphatic carbocycles. The summed E-state index contributed by atoms with van der Waals surface area (Å²) < 4.78 is 36.9. The topological polar surface area (TPSA) is 260 Å². The van der Waals surface area contributed by atoms with Crippen molar-refractivity contribution >= 4 is 109 Å². The first kappa shape index (κ1) is 158. The van der Waals surface area contributed by atoms with Crippen molar-refractivity contribution in [2.75, 3.05) is 0 Å². The highest BCUT2D eigenvalue weighted by Crippen LogP contribution is 2.30. The minimum absolute atomic E-state index is 0. The standard InChI is InChI=1S/C11H16.C9H12.C8H7F3.2C8H9NO.C8H8O2.C7H7Br.C7H6Cl2.C7H7Cl.C6H6ClN.C6H6N4S.C6H7NOS.2C6H7N.14CH4/c1-9-5-7-10(8-6-9)11(2,3)4;1-7-4-5-8(2)9(3)6-7;1-6-2-4-7(5-3-6)8(9,10)11;1-6-2-4-7(5-3-6)8(9)10;2*1-6-3-2-4-7(5-6)8(9)10;1-6-2-4-7(8)5-3-6;1-5-2-3-6(8)7(9)4-5;1-6-2-4-7(8)5-3-6;1-5-3-2-4-8-6(5)7;1-4-2-3-5(11-4)6-7-9-10-8-6;1-4-2-3-5(9-4)6(7)8;1-6-2-4-7-5-3-6;1-6-3-2-4-7-5-6;;;;;;;;;;;;;;/h5-8H,1-4H3;4-6H,1-3H3;2-5H,1H3;2*2-5H,1H3,(H2,9,10);2-5H,1H3,(H,9,10);2-5H,1H3;2-4H,1H3;2-5H,1H3;2-4H,1H3;2-3H,1H3,(H,7,8,9,10);2-3H,1H3,(H2,7,8);2*2-5H,1H3;14*1H4. The van der Waals surface area contributed by atoms with Gasteiger partial charge in [0.1, 0.15) is 5.15 Å². The third-order valence-electron chi connectivity index (χ3n) is 16.9.